The standard InChI is InChI=1S/C12H16N2O2/c1-2-16-12(5-3-4-6-12)11(15)10-7-13-9-14-8-10/h7-9H,2-6H2,1H3. The molecule has 0 amide bonds. The zero-order valence-corrected chi connectivity index (χ0v) is 9.48. The highest BCUT2D eigenvalue weighted by atomic mass is 16.5. The van der Waals surface area contributed by atoms with Crippen molar-refractivity contribution in [1.82, 2.24) is 9.97 Å². The fourth-order valence-electron chi connectivity index (χ4n) is 2.34. The summed E-state index contributed by atoms with van der Waals surface area (Å²) in [6.07, 6.45) is 8.30. The molecule has 0 bridgehead atoms. The Labute approximate surface area is 95.1 Å². The second kappa shape index (κ2) is 4.70. The maximum atomic E-state index is 12.4. The topological polar surface area (TPSA) is 52.1 Å². The van der Waals surface area contributed by atoms with Crippen molar-refractivity contribution in [3.63, 3.8) is 0 Å². The van der Waals surface area contributed by atoms with Gasteiger partial charge in [-0.2, -0.15) is 0 Å². The van der Waals surface area contributed by atoms with Gasteiger partial charge in [-0.25, -0.2) is 9.97 Å². The maximum absolute atomic E-state index is 12.4. The third kappa shape index (κ3) is 1.97. The molecule has 0 saturated heterocycles. The molecule has 4 heteroatoms. The van der Waals surface area contributed by atoms with Crippen LogP contribution in [0, 0.1) is 0 Å². The molecule has 0 radical (unpaired) electrons. The lowest BCUT2D eigenvalue weighted by Crippen LogP contribution is -2.39. The Hall–Kier alpha value is -1.29. The van der Waals surface area contributed by atoms with Crippen LogP contribution in [0.3, 0.4) is 0 Å². The van der Waals surface area contributed by atoms with Gasteiger partial charge in [0.25, 0.3) is 0 Å². The van der Waals surface area contributed by atoms with Crippen LogP contribution >= 0.6 is 0 Å². The van der Waals surface area contributed by atoms with Gasteiger partial charge in [0.05, 0.1) is 5.56 Å². The molecule has 16 heavy (non-hydrogen) atoms. The molecular formula is C12H16N2O2. The van der Waals surface area contributed by atoms with Gasteiger partial charge < -0.3 is 4.74 Å². The normalized spacial score (nSPS) is 18.6. The van der Waals surface area contributed by atoms with Crippen LogP contribution in [0.4, 0.5) is 0 Å². The Morgan fingerprint density at radius 2 is 2.00 bits per heavy atom. The van der Waals surface area contributed by atoms with Gasteiger partial charge in [-0.05, 0) is 32.6 Å². The van der Waals surface area contributed by atoms with Crippen LogP contribution in [0.5, 0.6) is 0 Å². The minimum Gasteiger partial charge on any atom is -0.367 e. The number of Topliss-reactive ketones (excluding diaryl/α,β-unsaturated/α-hetero) is 1. The Morgan fingerprint density at radius 1 is 1.38 bits per heavy atom. The minimum atomic E-state index is -0.612. The summed E-state index contributed by atoms with van der Waals surface area (Å²) < 4.78 is 5.70. The van der Waals surface area contributed by atoms with E-state index in [-0.39, 0.29) is 5.78 Å². The predicted molar refractivity (Wildman–Crippen MR) is 59.2 cm³/mol. The van der Waals surface area contributed by atoms with Gasteiger partial charge in [0.15, 0.2) is 5.78 Å². The highest BCUT2D eigenvalue weighted by Gasteiger charge is 2.42. The van der Waals surface area contributed by atoms with Gasteiger partial charge in [0.1, 0.15) is 11.9 Å². The fourth-order valence-corrected chi connectivity index (χ4v) is 2.34. The monoisotopic (exact) mass is 220 g/mol. The van der Waals surface area contributed by atoms with Crippen molar-refractivity contribution >= 4 is 5.78 Å². The molecule has 4 nitrogen and oxygen atoms in total. The first-order valence-electron chi connectivity index (χ1n) is 5.72. The zero-order chi connectivity index (χ0) is 11.4. The van der Waals surface area contributed by atoms with Gasteiger partial charge in [0.2, 0.25) is 0 Å². The summed E-state index contributed by atoms with van der Waals surface area (Å²) in [4.78, 5) is 20.1. The molecule has 1 saturated carbocycles. The van der Waals surface area contributed by atoms with Crippen molar-refractivity contribution < 1.29 is 9.53 Å². The second-order valence-corrected chi connectivity index (χ2v) is 4.09. The average Bonchev–Trinajstić information content (AvgIpc) is 2.80. The molecule has 1 aliphatic rings. The van der Waals surface area contributed by atoms with E-state index < -0.39 is 5.60 Å². The summed E-state index contributed by atoms with van der Waals surface area (Å²) in [5.74, 6) is 0.0347. The number of carbonyl (C=O) groups excluding carboxylic acids is 1. The number of aromatic nitrogens is 2. The van der Waals surface area contributed by atoms with Gasteiger partial charge in [-0.3, -0.25) is 4.79 Å². The van der Waals surface area contributed by atoms with E-state index in [1.807, 2.05) is 6.92 Å². The number of carbonyl (C=O) groups is 1. The summed E-state index contributed by atoms with van der Waals surface area (Å²) in [5.41, 5.74) is -0.0581. The molecule has 2 rings (SSSR count). The van der Waals surface area contributed by atoms with Crippen molar-refractivity contribution in [1.29, 1.82) is 0 Å². The van der Waals surface area contributed by atoms with E-state index in [4.69, 9.17) is 4.74 Å². The summed E-state index contributed by atoms with van der Waals surface area (Å²) >= 11 is 0. The van der Waals surface area contributed by atoms with Crippen LogP contribution in [0.15, 0.2) is 18.7 Å². The Balaban J connectivity index is 2.24. The smallest absolute Gasteiger partial charge is 0.197 e. The van der Waals surface area contributed by atoms with Gasteiger partial charge in [-0.1, -0.05) is 0 Å². The third-order valence-corrected chi connectivity index (χ3v) is 3.07. The van der Waals surface area contributed by atoms with Crippen LogP contribution in [-0.2, 0) is 4.74 Å². The van der Waals surface area contributed by atoms with Crippen LogP contribution in [0.2, 0.25) is 0 Å². The van der Waals surface area contributed by atoms with Gasteiger partial charge in [0, 0.05) is 19.0 Å². The van der Waals surface area contributed by atoms with Crippen LogP contribution in [0.1, 0.15) is 43.0 Å². The first kappa shape index (κ1) is 11.2. The summed E-state index contributed by atoms with van der Waals surface area (Å²) in [6, 6.07) is 0. The highest BCUT2D eigenvalue weighted by Crippen LogP contribution is 2.35. The van der Waals surface area contributed by atoms with Crippen LogP contribution < -0.4 is 0 Å². The first-order chi connectivity index (χ1) is 7.78. The number of ether oxygens (including phenoxy) is 1. The molecule has 0 aromatic carbocycles. The average molecular weight is 220 g/mol. The van der Waals surface area contributed by atoms with E-state index >= 15 is 0 Å². The number of hydrogen-bond donors (Lipinski definition) is 0. The van der Waals surface area contributed by atoms with E-state index in [2.05, 4.69) is 9.97 Å². The summed E-state index contributed by atoms with van der Waals surface area (Å²) in [5, 5.41) is 0. The number of hydrogen-bond acceptors (Lipinski definition) is 4. The van der Waals surface area contributed by atoms with Crippen LogP contribution in [-0.4, -0.2) is 28.0 Å². The molecule has 1 fully saturated rings. The molecule has 0 atom stereocenters. The van der Waals surface area contributed by atoms with E-state index in [9.17, 15) is 4.79 Å². The number of ketones is 1. The maximum Gasteiger partial charge on any atom is 0.197 e. The van der Waals surface area contributed by atoms with Crippen molar-refractivity contribution in [2.24, 2.45) is 0 Å². The molecule has 1 aromatic heterocycles. The molecular weight excluding hydrogens is 204 g/mol. The SMILES string of the molecule is CCOC1(C(=O)c2cncnc2)CCCC1. The van der Waals surface area contributed by atoms with E-state index in [0.717, 1.165) is 25.7 Å². The van der Waals surface area contributed by atoms with Crippen molar-refractivity contribution in [3.8, 4) is 0 Å². The fraction of sp³-hybridized carbons (Fsp3) is 0.583. The summed E-state index contributed by atoms with van der Waals surface area (Å²) in [7, 11) is 0. The van der Waals surface area contributed by atoms with Crippen molar-refractivity contribution in [3.05, 3.63) is 24.3 Å². The zero-order valence-electron chi connectivity index (χ0n) is 9.48. The molecule has 0 aliphatic heterocycles. The van der Waals surface area contributed by atoms with E-state index in [0.29, 0.717) is 12.2 Å². The minimum absolute atomic E-state index is 0.0347. The Kier molecular flexibility index (Phi) is 3.29. The Morgan fingerprint density at radius 3 is 2.56 bits per heavy atom. The van der Waals surface area contributed by atoms with Gasteiger partial charge >= 0.3 is 0 Å². The lowest BCUT2D eigenvalue weighted by atomic mass is 9.92. The lowest BCUT2D eigenvalue weighted by molar-refractivity contribution is -0.0164. The van der Waals surface area contributed by atoms with E-state index in [1.54, 1.807) is 12.4 Å². The largest absolute Gasteiger partial charge is 0.367 e. The lowest BCUT2D eigenvalue weighted by Gasteiger charge is -2.26. The third-order valence-electron chi connectivity index (χ3n) is 3.07. The van der Waals surface area contributed by atoms with Crippen LogP contribution in [0.25, 0.3) is 0 Å². The molecule has 1 aromatic rings. The molecule has 86 valence electrons. The number of nitrogens with zero attached hydrogens (tertiary/aromatic N) is 2. The molecule has 0 N–H and O–H groups in total. The Bertz CT molecular complexity index is 359. The molecule has 0 unspecified atom stereocenters. The van der Waals surface area contributed by atoms with Crippen molar-refractivity contribution in [2.75, 3.05) is 6.61 Å². The highest BCUT2D eigenvalue weighted by molar-refractivity contribution is 6.02. The van der Waals surface area contributed by atoms with E-state index in [1.165, 1.54) is 6.33 Å². The van der Waals surface area contributed by atoms with Gasteiger partial charge in [-0.15, -0.1) is 0 Å². The quantitative estimate of drug-likeness (QED) is 0.728. The molecule has 1 aliphatic carbocycles. The summed E-state index contributed by atoms with van der Waals surface area (Å²) in [6.45, 7) is 2.49. The first-order valence-corrected chi connectivity index (χ1v) is 5.72. The van der Waals surface area contributed by atoms with Crippen molar-refractivity contribution in [2.45, 2.75) is 38.2 Å². The predicted octanol–water partition coefficient (Wildman–Crippen LogP) is 2.01. The molecule has 1 heterocycles. The molecule has 0 spiro atoms. The second-order valence-electron chi connectivity index (χ2n) is 4.09. The number of rotatable bonds is 4.